The first-order valence-electron chi connectivity index (χ1n) is 6.70. The van der Waals surface area contributed by atoms with Gasteiger partial charge in [-0.15, -0.1) is 0 Å². The van der Waals surface area contributed by atoms with Crippen molar-refractivity contribution < 1.29 is 14.3 Å². The maximum absolute atomic E-state index is 12.4. The van der Waals surface area contributed by atoms with Crippen LogP contribution in [0.2, 0.25) is 0 Å². The van der Waals surface area contributed by atoms with Crippen LogP contribution in [0.3, 0.4) is 0 Å². The van der Waals surface area contributed by atoms with E-state index in [1.54, 1.807) is 14.2 Å². The number of aromatic nitrogens is 1. The van der Waals surface area contributed by atoms with Crippen LogP contribution in [-0.2, 0) is 4.74 Å². The largest absolute Gasteiger partial charge is 0.497 e. The Kier molecular flexibility index (Phi) is 3.36. The number of nitrogens with one attached hydrogen (secondary N) is 1. The summed E-state index contributed by atoms with van der Waals surface area (Å²) in [4.78, 5) is 17.4. The quantitative estimate of drug-likeness (QED) is 0.931. The van der Waals surface area contributed by atoms with Gasteiger partial charge in [-0.05, 0) is 30.7 Å². The minimum atomic E-state index is 0.0275. The van der Waals surface area contributed by atoms with E-state index in [2.05, 4.69) is 4.98 Å². The zero-order valence-corrected chi connectivity index (χ0v) is 11.7. The number of hydrogen-bond donors (Lipinski definition) is 1. The second kappa shape index (κ2) is 5.17. The average Bonchev–Trinajstić information content (AvgIpc) is 3.11. The number of nitrogens with zero attached hydrogens (tertiary/aromatic N) is 1. The van der Waals surface area contributed by atoms with Gasteiger partial charge in [-0.3, -0.25) is 4.79 Å². The highest BCUT2D eigenvalue weighted by atomic mass is 16.5. The van der Waals surface area contributed by atoms with Gasteiger partial charge < -0.3 is 19.4 Å². The fourth-order valence-electron chi connectivity index (χ4n) is 2.63. The molecule has 3 rings (SSSR count). The van der Waals surface area contributed by atoms with Crippen molar-refractivity contribution >= 4 is 16.8 Å². The molecule has 5 nitrogen and oxygen atoms in total. The molecule has 2 aromatic rings. The number of carbonyl (C=O) groups excluding carboxylic acids is 1. The number of aromatic amines is 1. The van der Waals surface area contributed by atoms with E-state index in [1.165, 1.54) is 0 Å². The van der Waals surface area contributed by atoms with Crippen molar-refractivity contribution in [2.45, 2.75) is 12.5 Å². The number of likely N-dealkylation sites (tertiary alicyclic amines) is 1. The van der Waals surface area contributed by atoms with E-state index in [0.717, 1.165) is 29.6 Å². The predicted molar refractivity (Wildman–Crippen MR) is 76.2 cm³/mol. The molecule has 1 aliphatic heterocycles. The number of amides is 1. The van der Waals surface area contributed by atoms with Crippen LogP contribution in [0.15, 0.2) is 24.3 Å². The van der Waals surface area contributed by atoms with Crippen LogP contribution in [0.5, 0.6) is 5.75 Å². The van der Waals surface area contributed by atoms with Crippen LogP contribution >= 0.6 is 0 Å². The first-order chi connectivity index (χ1) is 9.71. The predicted octanol–water partition coefficient (Wildman–Crippen LogP) is 2.04. The summed E-state index contributed by atoms with van der Waals surface area (Å²) in [5.41, 5.74) is 1.56. The molecule has 1 atom stereocenters. The summed E-state index contributed by atoms with van der Waals surface area (Å²) >= 11 is 0. The third kappa shape index (κ3) is 2.25. The third-order valence-corrected chi connectivity index (χ3v) is 3.82. The Labute approximate surface area is 117 Å². The van der Waals surface area contributed by atoms with Gasteiger partial charge in [-0.25, -0.2) is 0 Å². The number of fused-ring (bicyclic) bond motifs is 1. The molecular formula is C15H18N2O3. The lowest BCUT2D eigenvalue weighted by Crippen LogP contribution is -2.30. The molecule has 0 bridgehead atoms. The number of benzene rings is 1. The SMILES string of the molecule is COc1ccc2[nH]c(C(=O)N3CC[C@@H](OC)C3)cc2c1. The van der Waals surface area contributed by atoms with E-state index in [1.807, 2.05) is 29.2 Å². The monoisotopic (exact) mass is 274 g/mol. The van der Waals surface area contributed by atoms with Gasteiger partial charge >= 0.3 is 0 Å². The topological polar surface area (TPSA) is 54.6 Å². The van der Waals surface area contributed by atoms with Gasteiger partial charge in [0.05, 0.1) is 13.2 Å². The highest BCUT2D eigenvalue weighted by Crippen LogP contribution is 2.23. The van der Waals surface area contributed by atoms with Crippen LogP contribution < -0.4 is 4.74 Å². The summed E-state index contributed by atoms with van der Waals surface area (Å²) in [6.45, 7) is 1.41. The second-order valence-electron chi connectivity index (χ2n) is 5.03. The molecule has 0 radical (unpaired) electrons. The molecule has 1 N–H and O–H groups in total. The van der Waals surface area contributed by atoms with Gasteiger partial charge in [0.2, 0.25) is 0 Å². The summed E-state index contributed by atoms with van der Waals surface area (Å²) in [6, 6.07) is 7.60. The molecule has 1 fully saturated rings. The van der Waals surface area contributed by atoms with Gasteiger partial charge in [0.1, 0.15) is 11.4 Å². The first-order valence-corrected chi connectivity index (χ1v) is 6.70. The third-order valence-electron chi connectivity index (χ3n) is 3.82. The molecule has 1 aliphatic rings. The summed E-state index contributed by atoms with van der Waals surface area (Å²) < 4.78 is 10.5. The normalized spacial score (nSPS) is 18.7. The molecule has 0 unspecified atom stereocenters. The molecule has 20 heavy (non-hydrogen) atoms. The van der Waals surface area contributed by atoms with E-state index in [-0.39, 0.29) is 12.0 Å². The number of hydrogen-bond acceptors (Lipinski definition) is 3. The fraction of sp³-hybridized carbons (Fsp3) is 0.400. The zero-order chi connectivity index (χ0) is 14.1. The lowest BCUT2D eigenvalue weighted by molar-refractivity contribution is 0.0720. The Hall–Kier alpha value is -2.01. The second-order valence-corrected chi connectivity index (χ2v) is 5.03. The van der Waals surface area contributed by atoms with E-state index < -0.39 is 0 Å². The van der Waals surface area contributed by atoms with Crippen molar-refractivity contribution in [3.05, 3.63) is 30.0 Å². The Morgan fingerprint density at radius 1 is 1.35 bits per heavy atom. The summed E-state index contributed by atoms with van der Waals surface area (Å²) in [5, 5.41) is 0.982. The Morgan fingerprint density at radius 3 is 2.90 bits per heavy atom. The van der Waals surface area contributed by atoms with E-state index in [4.69, 9.17) is 9.47 Å². The lowest BCUT2D eigenvalue weighted by Gasteiger charge is -2.14. The highest BCUT2D eigenvalue weighted by molar-refractivity contribution is 5.98. The molecular weight excluding hydrogens is 256 g/mol. The smallest absolute Gasteiger partial charge is 0.270 e. The van der Waals surface area contributed by atoms with Crippen molar-refractivity contribution in [1.29, 1.82) is 0 Å². The van der Waals surface area contributed by atoms with Gasteiger partial charge in [0.15, 0.2) is 0 Å². The van der Waals surface area contributed by atoms with E-state index in [9.17, 15) is 4.79 Å². The molecule has 5 heteroatoms. The highest BCUT2D eigenvalue weighted by Gasteiger charge is 2.27. The molecule has 1 amide bonds. The molecule has 0 aliphatic carbocycles. The van der Waals surface area contributed by atoms with Crippen molar-refractivity contribution in [3.63, 3.8) is 0 Å². The number of ether oxygens (including phenoxy) is 2. The molecule has 106 valence electrons. The molecule has 1 aromatic carbocycles. The summed E-state index contributed by atoms with van der Waals surface area (Å²) in [6.07, 6.45) is 1.06. The van der Waals surface area contributed by atoms with Crippen molar-refractivity contribution in [1.82, 2.24) is 9.88 Å². The first kappa shape index (κ1) is 13.0. The maximum Gasteiger partial charge on any atom is 0.270 e. The number of methoxy groups -OCH3 is 2. The van der Waals surface area contributed by atoms with Crippen LogP contribution in [0, 0.1) is 0 Å². The van der Waals surface area contributed by atoms with Gasteiger partial charge in [0.25, 0.3) is 5.91 Å². The number of carbonyl (C=O) groups is 1. The number of H-pyrrole nitrogens is 1. The van der Waals surface area contributed by atoms with E-state index >= 15 is 0 Å². The van der Waals surface area contributed by atoms with Gasteiger partial charge in [-0.1, -0.05) is 0 Å². The molecule has 2 heterocycles. The minimum Gasteiger partial charge on any atom is -0.497 e. The Bertz CT molecular complexity index is 635. The van der Waals surface area contributed by atoms with Crippen molar-refractivity contribution in [2.75, 3.05) is 27.3 Å². The van der Waals surface area contributed by atoms with Crippen LogP contribution in [0.25, 0.3) is 10.9 Å². The van der Waals surface area contributed by atoms with Crippen LogP contribution in [-0.4, -0.2) is 49.2 Å². The maximum atomic E-state index is 12.4. The van der Waals surface area contributed by atoms with Crippen molar-refractivity contribution in [3.8, 4) is 5.75 Å². The van der Waals surface area contributed by atoms with Crippen LogP contribution in [0.4, 0.5) is 0 Å². The molecule has 0 saturated carbocycles. The van der Waals surface area contributed by atoms with Crippen molar-refractivity contribution in [2.24, 2.45) is 0 Å². The van der Waals surface area contributed by atoms with E-state index in [0.29, 0.717) is 12.2 Å². The number of rotatable bonds is 3. The Morgan fingerprint density at radius 2 is 2.20 bits per heavy atom. The summed E-state index contributed by atoms with van der Waals surface area (Å²) in [7, 11) is 3.32. The standard InChI is InChI=1S/C15H18N2O3/c1-19-11-3-4-13-10(7-11)8-14(16-13)15(18)17-6-5-12(9-17)20-2/h3-4,7-8,12,16H,5-6,9H2,1-2H3/t12-/m1/s1. The van der Waals surface area contributed by atoms with Gasteiger partial charge in [0, 0.05) is 31.1 Å². The summed E-state index contributed by atoms with van der Waals surface area (Å²) in [5.74, 6) is 0.816. The minimum absolute atomic E-state index is 0.0275. The fourth-order valence-corrected chi connectivity index (χ4v) is 2.63. The molecule has 0 spiro atoms. The zero-order valence-electron chi connectivity index (χ0n) is 11.7. The average molecular weight is 274 g/mol. The molecule has 1 saturated heterocycles. The van der Waals surface area contributed by atoms with Crippen LogP contribution in [0.1, 0.15) is 16.9 Å². The Balaban J connectivity index is 1.85. The molecule has 1 aromatic heterocycles. The van der Waals surface area contributed by atoms with Gasteiger partial charge in [-0.2, -0.15) is 0 Å². The lowest BCUT2D eigenvalue weighted by atomic mass is 10.2.